The van der Waals surface area contributed by atoms with E-state index < -0.39 is 6.04 Å². The van der Waals surface area contributed by atoms with Crippen molar-refractivity contribution in [3.8, 4) is 0 Å². The maximum atomic E-state index is 13.4. The van der Waals surface area contributed by atoms with E-state index in [1.54, 1.807) is 11.0 Å². The largest absolute Gasteiger partial charge is 0.450 e. The predicted molar refractivity (Wildman–Crippen MR) is 112 cm³/mol. The molecule has 0 N–H and O–H groups in total. The molecule has 1 aliphatic heterocycles. The zero-order valence-corrected chi connectivity index (χ0v) is 17.0. The van der Waals surface area contributed by atoms with Crippen molar-refractivity contribution in [3.05, 3.63) is 80.7 Å². The Bertz CT molecular complexity index is 1110. The first-order valence-electron chi connectivity index (χ1n) is 10.0. The summed E-state index contributed by atoms with van der Waals surface area (Å²) in [6, 6.07) is 13.0. The average Bonchev–Trinajstić information content (AvgIpc) is 2.98. The SMILES string of the molecule is CCOCCCN1C(=O)c2oc3cc(C)ccc3c(=O)c2[C@H]1c1ccc(C)cc1. The van der Waals surface area contributed by atoms with Crippen LogP contribution in [0.1, 0.15) is 52.2 Å². The Hall–Kier alpha value is -2.92. The van der Waals surface area contributed by atoms with Gasteiger partial charge in [0, 0.05) is 19.8 Å². The van der Waals surface area contributed by atoms with E-state index in [0.29, 0.717) is 42.7 Å². The van der Waals surface area contributed by atoms with Gasteiger partial charge < -0.3 is 14.1 Å². The van der Waals surface area contributed by atoms with E-state index in [-0.39, 0.29) is 17.1 Å². The van der Waals surface area contributed by atoms with E-state index in [2.05, 4.69) is 0 Å². The second kappa shape index (κ2) is 7.84. The van der Waals surface area contributed by atoms with E-state index in [1.165, 1.54) is 0 Å². The molecule has 1 aliphatic rings. The summed E-state index contributed by atoms with van der Waals surface area (Å²) in [6.45, 7) is 7.60. The molecule has 1 atom stereocenters. The third-order valence-corrected chi connectivity index (χ3v) is 5.41. The summed E-state index contributed by atoms with van der Waals surface area (Å²) in [7, 11) is 0. The van der Waals surface area contributed by atoms with Gasteiger partial charge in [0.15, 0.2) is 5.43 Å². The number of carbonyl (C=O) groups is 1. The number of ether oxygens (including phenoxy) is 1. The standard InChI is InChI=1S/C24H25NO4/c1-4-28-13-5-12-25-21(17-9-6-15(2)7-10-17)20-22(26)18-11-8-16(3)14-19(18)29-23(20)24(25)27/h6-11,14,21H,4-5,12-13H2,1-3H3/t21-/m1/s1. The molecule has 2 heterocycles. The highest BCUT2D eigenvalue weighted by molar-refractivity contribution is 5.99. The number of benzene rings is 2. The summed E-state index contributed by atoms with van der Waals surface area (Å²) in [5.41, 5.74) is 3.79. The van der Waals surface area contributed by atoms with Crippen LogP contribution >= 0.6 is 0 Å². The number of nitrogens with zero attached hydrogens (tertiary/aromatic N) is 1. The Morgan fingerprint density at radius 1 is 1.03 bits per heavy atom. The first-order valence-corrected chi connectivity index (χ1v) is 10.0. The Kier molecular flexibility index (Phi) is 5.24. The summed E-state index contributed by atoms with van der Waals surface area (Å²) in [5.74, 6) is -0.0716. The van der Waals surface area contributed by atoms with Gasteiger partial charge in [0.2, 0.25) is 5.76 Å². The molecule has 4 rings (SSSR count). The molecule has 1 aromatic heterocycles. The predicted octanol–water partition coefficient (Wildman–Crippen LogP) is 4.38. The number of fused-ring (bicyclic) bond motifs is 2. The molecule has 0 bridgehead atoms. The number of rotatable bonds is 6. The Balaban J connectivity index is 1.85. The number of hydrogen-bond donors (Lipinski definition) is 0. The van der Waals surface area contributed by atoms with Gasteiger partial charge in [-0.1, -0.05) is 35.9 Å². The van der Waals surface area contributed by atoms with E-state index in [9.17, 15) is 9.59 Å². The van der Waals surface area contributed by atoms with Crippen molar-refractivity contribution >= 4 is 16.9 Å². The summed E-state index contributed by atoms with van der Waals surface area (Å²) in [5, 5.41) is 0.510. The summed E-state index contributed by atoms with van der Waals surface area (Å²) < 4.78 is 11.4. The molecular weight excluding hydrogens is 366 g/mol. The van der Waals surface area contributed by atoms with Gasteiger partial charge in [0.25, 0.3) is 5.91 Å². The third kappa shape index (κ3) is 3.47. The second-order valence-corrected chi connectivity index (χ2v) is 7.54. The first kappa shape index (κ1) is 19.4. The summed E-state index contributed by atoms with van der Waals surface area (Å²) in [4.78, 5) is 28.4. The highest BCUT2D eigenvalue weighted by atomic mass is 16.5. The maximum Gasteiger partial charge on any atom is 0.290 e. The van der Waals surface area contributed by atoms with Crippen LogP contribution in [0.25, 0.3) is 11.0 Å². The lowest BCUT2D eigenvalue weighted by atomic mass is 9.97. The number of aryl methyl sites for hydroxylation is 2. The van der Waals surface area contributed by atoms with Crippen molar-refractivity contribution in [2.45, 2.75) is 33.2 Å². The van der Waals surface area contributed by atoms with Crippen molar-refractivity contribution in [1.29, 1.82) is 0 Å². The Morgan fingerprint density at radius 2 is 1.76 bits per heavy atom. The molecule has 0 saturated carbocycles. The van der Waals surface area contributed by atoms with Crippen molar-refractivity contribution < 1.29 is 13.9 Å². The number of carbonyl (C=O) groups excluding carboxylic acids is 1. The molecule has 3 aromatic rings. The minimum absolute atomic E-state index is 0.132. The molecular formula is C24H25NO4. The van der Waals surface area contributed by atoms with E-state index in [4.69, 9.17) is 9.15 Å². The molecule has 0 saturated heterocycles. The van der Waals surface area contributed by atoms with Gasteiger partial charge in [-0.2, -0.15) is 0 Å². The van der Waals surface area contributed by atoms with Gasteiger partial charge in [0.1, 0.15) is 5.58 Å². The average molecular weight is 391 g/mol. The smallest absolute Gasteiger partial charge is 0.290 e. The van der Waals surface area contributed by atoms with Crippen LogP contribution in [0.5, 0.6) is 0 Å². The first-order chi connectivity index (χ1) is 14.0. The highest BCUT2D eigenvalue weighted by Crippen LogP contribution is 2.38. The third-order valence-electron chi connectivity index (χ3n) is 5.41. The van der Waals surface area contributed by atoms with E-state index >= 15 is 0 Å². The number of hydrogen-bond acceptors (Lipinski definition) is 4. The lowest BCUT2D eigenvalue weighted by Gasteiger charge is -2.25. The fraction of sp³-hybridized carbons (Fsp3) is 0.333. The van der Waals surface area contributed by atoms with Gasteiger partial charge in [-0.05, 0) is 50.5 Å². The fourth-order valence-corrected chi connectivity index (χ4v) is 3.93. The molecule has 5 heteroatoms. The molecule has 1 amide bonds. The molecule has 0 radical (unpaired) electrons. The van der Waals surface area contributed by atoms with Crippen LogP contribution in [0.4, 0.5) is 0 Å². The normalized spacial score (nSPS) is 15.9. The molecule has 0 fully saturated rings. The monoisotopic (exact) mass is 391 g/mol. The van der Waals surface area contributed by atoms with Crippen molar-refractivity contribution in [3.63, 3.8) is 0 Å². The molecule has 150 valence electrons. The Morgan fingerprint density at radius 3 is 2.48 bits per heavy atom. The minimum atomic E-state index is -0.443. The minimum Gasteiger partial charge on any atom is -0.450 e. The molecule has 0 aliphatic carbocycles. The highest BCUT2D eigenvalue weighted by Gasteiger charge is 2.42. The zero-order chi connectivity index (χ0) is 20.5. The van der Waals surface area contributed by atoms with Crippen LogP contribution in [-0.2, 0) is 4.74 Å². The van der Waals surface area contributed by atoms with E-state index in [0.717, 1.165) is 16.7 Å². The second-order valence-electron chi connectivity index (χ2n) is 7.54. The van der Waals surface area contributed by atoms with E-state index in [1.807, 2.05) is 57.2 Å². The van der Waals surface area contributed by atoms with Gasteiger partial charge in [-0.3, -0.25) is 9.59 Å². The van der Waals surface area contributed by atoms with Gasteiger partial charge >= 0.3 is 0 Å². The molecule has 5 nitrogen and oxygen atoms in total. The lowest BCUT2D eigenvalue weighted by molar-refractivity contribution is 0.0696. The van der Waals surface area contributed by atoms with Crippen LogP contribution in [0.3, 0.4) is 0 Å². The van der Waals surface area contributed by atoms with Gasteiger partial charge in [-0.25, -0.2) is 0 Å². The van der Waals surface area contributed by atoms with Crippen LogP contribution in [0.15, 0.2) is 51.7 Å². The van der Waals surface area contributed by atoms with Crippen LogP contribution < -0.4 is 5.43 Å². The quantitative estimate of drug-likeness (QED) is 0.585. The fourth-order valence-electron chi connectivity index (χ4n) is 3.93. The zero-order valence-electron chi connectivity index (χ0n) is 17.0. The van der Waals surface area contributed by atoms with Crippen molar-refractivity contribution in [1.82, 2.24) is 4.90 Å². The summed E-state index contributed by atoms with van der Waals surface area (Å²) >= 11 is 0. The molecule has 29 heavy (non-hydrogen) atoms. The Labute approximate surface area is 169 Å². The topological polar surface area (TPSA) is 59.8 Å². The summed E-state index contributed by atoms with van der Waals surface area (Å²) in [6.07, 6.45) is 0.697. The molecule has 2 aromatic carbocycles. The van der Waals surface area contributed by atoms with Crippen LogP contribution in [0.2, 0.25) is 0 Å². The van der Waals surface area contributed by atoms with Crippen molar-refractivity contribution in [2.24, 2.45) is 0 Å². The van der Waals surface area contributed by atoms with Gasteiger partial charge in [-0.15, -0.1) is 0 Å². The lowest BCUT2D eigenvalue weighted by Crippen LogP contribution is -2.31. The van der Waals surface area contributed by atoms with Crippen LogP contribution in [0, 0.1) is 13.8 Å². The maximum absolute atomic E-state index is 13.4. The van der Waals surface area contributed by atoms with Gasteiger partial charge in [0.05, 0.1) is 17.0 Å². The number of amides is 1. The molecule has 0 unspecified atom stereocenters. The van der Waals surface area contributed by atoms with Crippen molar-refractivity contribution in [2.75, 3.05) is 19.8 Å². The molecule has 0 spiro atoms. The van der Waals surface area contributed by atoms with Crippen LogP contribution in [-0.4, -0.2) is 30.6 Å².